The second kappa shape index (κ2) is 4.84. The molecular formula is C15H19N3. The van der Waals surface area contributed by atoms with Gasteiger partial charge in [0.05, 0.1) is 0 Å². The molecule has 1 aromatic heterocycles. The van der Waals surface area contributed by atoms with E-state index >= 15 is 0 Å². The van der Waals surface area contributed by atoms with Gasteiger partial charge in [-0.2, -0.15) is 0 Å². The third kappa shape index (κ3) is 2.26. The van der Waals surface area contributed by atoms with Gasteiger partial charge in [-0.15, -0.1) is 0 Å². The van der Waals surface area contributed by atoms with Crippen molar-refractivity contribution < 1.29 is 0 Å². The molecule has 3 rings (SSSR count). The summed E-state index contributed by atoms with van der Waals surface area (Å²) in [4.78, 5) is 7.96. The second-order valence-corrected chi connectivity index (χ2v) is 5.14. The second-order valence-electron chi connectivity index (χ2n) is 5.14. The van der Waals surface area contributed by atoms with Crippen molar-refractivity contribution in [2.75, 3.05) is 5.73 Å². The average molecular weight is 241 g/mol. The molecule has 3 N–H and O–H groups in total. The maximum Gasteiger partial charge on any atom is 0.137 e. The molecule has 0 atom stereocenters. The minimum absolute atomic E-state index is 0.675. The van der Waals surface area contributed by atoms with Gasteiger partial charge in [0.1, 0.15) is 5.82 Å². The van der Waals surface area contributed by atoms with E-state index in [-0.39, 0.29) is 0 Å². The number of aromatic nitrogens is 2. The van der Waals surface area contributed by atoms with E-state index < -0.39 is 0 Å². The van der Waals surface area contributed by atoms with Crippen LogP contribution in [-0.4, -0.2) is 9.97 Å². The van der Waals surface area contributed by atoms with Crippen LogP contribution in [0.25, 0.3) is 11.4 Å². The van der Waals surface area contributed by atoms with Gasteiger partial charge >= 0.3 is 0 Å². The number of H-pyrrole nitrogens is 1. The lowest BCUT2D eigenvalue weighted by Crippen LogP contribution is -2.04. The average Bonchev–Trinajstić information content (AvgIpc) is 2.90. The summed E-state index contributed by atoms with van der Waals surface area (Å²) >= 11 is 0. The van der Waals surface area contributed by atoms with Crippen LogP contribution < -0.4 is 5.73 Å². The predicted molar refractivity (Wildman–Crippen MR) is 74.3 cm³/mol. The number of hydrogen-bond acceptors (Lipinski definition) is 2. The van der Waals surface area contributed by atoms with Crippen molar-refractivity contribution in [3.8, 4) is 11.4 Å². The van der Waals surface area contributed by atoms with Crippen molar-refractivity contribution >= 4 is 5.69 Å². The highest BCUT2D eigenvalue weighted by Crippen LogP contribution is 2.32. The Balaban J connectivity index is 1.82. The SMILES string of the molecule is Nc1ccc(-c2ncc(C3CCCCC3)[nH]2)cc1. The Bertz CT molecular complexity index is 507. The molecule has 0 amide bonds. The molecule has 0 unspecified atom stereocenters. The van der Waals surface area contributed by atoms with E-state index in [1.54, 1.807) is 0 Å². The quantitative estimate of drug-likeness (QED) is 0.787. The molecular weight excluding hydrogens is 222 g/mol. The van der Waals surface area contributed by atoms with Crippen LogP contribution in [0.15, 0.2) is 30.5 Å². The highest BCUT2D eigenvalue weighted by atomic mass is 14.9. The molecule has 1 aliphatic rings. The van der Waals surface area contributed by atoms with Crippen molar-refractivity contribution in [2.24, 2.45) is 0 Å². The highest BCUT2D eigenvalue weighted by Gasteiger charge is 2.17. The lowest BCUT2D eigenvalue weighted by molar-refractivity contribution is 0.438. The first-order valence-corrected chi connectivity index (χ1v) is 6.74. The van der Waals surface area contributed by atoms with Crippen molar-refractivity contribution in [1.29, 1.82) is 0 Å². The molecule has 94 valence electrons. The number of imidazole rings is 1. The highest BCUT2D eigenvalue weighted by molar-refractivity contribution is 5.58. The van der Waals surface area contributed by atoms with Gasteiger partial charge in [0, 0.05) is 29.1 Å². The van der Waals surface area contributed by atoms with Gasteiger partial charge in [-0.05, 0) is 37.1 Å². The van der Waals surface area contributed by atoms with E-state index in [0.717, 1.165) is 17.1 Å². The van der Waals surface area contributed by atoms with E-state index in [1.807, 2.05) is 30.5 Å². The fourth-order valence-corrected chi connectivity index (χ4v) is 2.74. The minimum Gasteiger partial charge on any atom is -0.399 e. The van der Waals surface area contributed by atoms with E-state index in [9.17, 15) is 0 Å². The van der Waals surface area contributed by atoms with Gasteiger partial charge in [0.15, 0.2) is 0 Å². The van der Waals surface area contributed by atoms with Crippen LogP contribution in [0.5, 0.6) is 0 Å². The van der Waals surface area contributed by atoms with E-state index in [1.165, 1.54) is 37.8 Å². The number of nitrogen functional groups attached to an aromatic ring is 1. The summed E-state index contributed by atoms with van der Waals surface area (Å²) in [5.41, 5.74) is 8.88. The molecule has 3 heteroatoms. The summed E-state index contributed by atoms with van der Waals surface area (Å²) in [6.45, 7) is 0. The molecule has 1 heterocycles. The van der Waals surface area contributed by atoms with Crippen molar-refractivity contribution in [1.82, 2.24) is 9.97 Å². The Morgan fingerprint density at radius 3 is 2.50 bits per heavy atom. The maximum absolute atomic E-state index is 5.70. The van der Waals surface area contributed by atoms with Crippen LogP contribution in [0.2, 0.25) is 0 Å². The summed E-state index contributed by atoms with van der Waals surface area (Å²) in [6.07, 6.45) is 8.67. The number of nitrogens with one attached hydrogen (secondary N) is 1. The first-order chi connectivity index (χ1) is 8.83. The van der Waals surface area contributed by atoms with Crippen molar-refractivity contribution in [2.45, 2.75) is 38.0 Å². The summed E-state index contributed by atoms with van der Waals surface area (Å²) in [7, 11) is 0. The van der Waals surface area contributed by atoms with Crippen LogP contribution in [0.1, 0.15) is 43.7 Å². The van der Waals surface area contributed by atoms with Crippen molar-refractivity contribution in [3.05, 3.63) is 36.2 Å². The van der Waals surface area contributed by atoms with Gasteiger partial charge in [-0.25, -0.2) is 4.98 Å². The van der Waals surface area contributed by atoms with Crippen LogP contribution >= 0.6 is 0 Å². The normalized spacial score (nSPS) is 16.9. The minimum atomic E-state index is 0.675. The van der Waals surface area contributed by atoms with Crippen molar-refractivity contribution in [3.63, 3.8) is 0 Å². The Kier molecular flexibility index (Phi) is 3.05. The lowest BCUT2D eigenvalue weighted by atomic mass is 9.87. The Morgan fingerprint density at radius 2 is 1.78 bits per heavy atom. The molecule has 0 saturated heterocycles. The smallest absolute Gasteiger partial charge is 0.137 e. The molecule has 1 aliphatic carbocycles. The molecule has 0 aliphatic heterocycles. The van der Waals surface area contributed by atoms with Crippen LogP contribution in [0.4, 0.5) is 5.69 Å². The Hall–Kier alpha value is -1.77. The van der Waals surface area contributed by atoms with Crippen LogP contribution in [-0.2, 0) is 0 Å². The molecule has 1 aromatic carbocycles. The molecule has 18 heavy (non-hydrogen) atoms. The summed E-state index contributed by atoms with van der Waals surface area (Å²) in [5, 5.41) is 0. The van der Waals surface area contributed by atoms with Crippen LogP contribution in [0.3, 0.4) is 0 Å². The fourth-order valence-electron chi connectivity index (χ4n) is 2.74. The standard InChI is InChI=1S/C15H19N3/c16-13-8-6-12(7-9-13)15-17-10-14(18-15)11-4-2-1-3-5-11/h6-11H,1-5,16H2,(H,17,18). The van der Waals surface area contributed by atoms with Gasteiger partial charge in [0.2, 0.25) is 0 Å². The third-order valence-electron chi connectivity index (χ3n) is 3.82. The number of anilines is 1. The number of nitrogens with two attached hydrogens (primary N) is 1. The topological polar surface area (TPSA) is 54.7 Å². The number of benzene rings is 1. The lowest BCUT2D eigenvalue weighted by Gasteiger charge is -2.19. The van der Waals surface area contributed by atoms with Gasteiger partial charge in [-0.1, -0.05) is 19.3 Å². The fraction of sp³-hybridized carbons (Fsp3) is 0.400. The maximum atomic E-state index is 5.70. The monoisotopic (exact) mass is 241 g/mol. The van der Waals surface area contributed by atoms with Gasteiger partial charge < -0.3 is 10.7 Å². The molecule has 3 nitrogen and oxygen atoms in total. The first kappa shape index (κ1) is 11.3. The molecule has 0 radical (unpaired) electrons. The summed E-state index contributed by atoms with van der Waals surface area (Å²) in [5.74, 6) is 1.63. The zero-order chi connectivity index (χ0) is 12.4. The number of aromatic amines is 1. The zero-order valence-electron chi connectivity index (χ0n) is 10.5. The van der Waals surface area contributed by atoms with E-state index in [4.69, 9.17) is 5.73 Å². The molecule has 0 spiro atoms. The van der Waals surface area contributed by atoms with Gasteiger partial charge in [0.25, 0.3) is 0 Å². The molecule has 0 bridgehead atoms. The van der Waals surface area contributed by atoms with E-state index in [0.29, 0.717) is 5.92 Å². The van der Waals surface area contributed by atoms with Gasteiger partial charge in [-0.3, -0.25) is 0 Å². The first-order valence-electron chi connectivity index (χ1n) is 6.74. The molecule has 2 aromatic rings. The third-order valence-corrected chi connectivity index (χ3v) is 3.82. The summed E-state index contributed by atoms with van der Waals surface area (Å²) in [6, 6.07) is 7.86. The Morgan fingerprint density at radius 1 is 1.06 bits per heavy atom. The molecule has 1 saturated carbocycles. The predicted octanol–water partition coefficient (Wildman–Crippen LogP) is 3.71. The Labute approximate surface area is 107 Å². The largest absolute Gasteiger partial charge is 0.399 e. The molecule has 1 fully saturated rings. The number of rotatable bonds is 2. The number of nitrogens with zero attached hydrogens (tertiary/aromatic N) is 1. The summed E-state index contributed by atoms with van der Waals surface area (Å²) < 4.78 is 0. The zero-order valence-corrected chi connectivity index (χ0v) is 10.5. The van der Waals surface area contributed by atoms with E-state index in [2.05, 4.69) is 9.97 Å². The number of hydrogen-bond donors (Lipinski definition) is 2. The van der Waals surface area contributed by atoms with Crippen LogP contribution in [0, 0.1) is 0 Å².